The zero-order valence-corrected chi connectivity index (χ0v) is 12.4. The summed E-state index contributed by atoms with van der Waals surface area (Å²) in [6, 6.07) is 9.46. The fourth-order valence-electron chi connectivity index (χ4n) is 1.95. The molecule has 1 N–H and O–H groups in total. The first-order valence-electron chi connectivity index (χ1n) is 6.84. The Kier molecular flexibility index (Phi) is 3.95. The first-order chi connectivity index (χ1) is 10.7. The lowest BCUT2D eigenvalue weighted by Crippen LogP contribution is -2.05. The number of nitrogens with one attached hydrogen (secondary N) is 1. The summed E-state index contributed by atoms with van der Waals surface area (Å²) in [5.41, 5.74) is 2.00. The zero-order chi connectivity index (χ0) is 15.4. The molecule has 3 aromatic rings. The minimum atomic E-state index is 0.592. The Morgan fingerprint density at radius 3 is 2.77 bits per heavy atom. The molecule has 0 atom stereocenters. The summed E-state index contributed by atoms with van der Waals surface area (Å²) in [7, 11) is 1.60. The molecule has 7 nitrogen and oxygen atoms in total. The first-order valence-corrected chi connectivity index (χ1v) is 6.84. The SMILES string of the molecule is COc1cc(CNc2ccc(-n3ccc(C)n3)nn2)ccn1. The summed E-state index contributed by atoms with van der Waals surface area (Å²) in [6.07, 6.45) is 3.57. The van der Waals surface area contributed by atoms with Crippen LogP contribution in [0, 0.1) is 6.92 Å². The molecular formula is C15H16N6O. The number of hydrogen-bond acceptors (Lipinski definition) is 6. The molecule has 3 rings (SSSR count). The fourth-order valence-corrected chi connectivity index (χ4v) is 1.95. The van der Waals surface area contributed by atoms with Gasteiger partial charge in [-0.25, -0.2) is 9.67 Å². The third kappa shape index (κ3) is 3.20. The third-order valence-corrected chi connectivity index (χ3v) is 3.09. The summed E-state index contributed by atoms with van der Waals surface area (Å²) in [4.78, 5) is 4.07. The predicted octanol–water partition coefficient (Wildman–Crippen LogP) is 1.99. The van der Waals surface area contributed by atoms with Gasteiger partial charge in [-0.1, -0.05) is 0 Å². The van der Waals surface area contributed by atoms with Crippen molar-refractivity contribution in [2.24, 2.45) is 0 Å². The van der Waals surface area contributed by atoms with E-state index >= 15 is 0 Å². The number of anilines is 1. The monoisotopic (exact) mass is 296 g/mol. The Balaban J connectivity index is 1.66. The number of ether oxygens (including phenoxy) is 1. The van der Waals surface area contributed by atoms with Gasteiger partial charge < -0.3 is 10.1 Å². The largest absolute Gasteiger partial charge is 0.481 e. The summed E-state index contributed by atoms with van der Waals surface area (Å²) in [5.74, 6) is 1.97. The van der Waals surface area contributed by atoms with Crippen LogP contribution in [-0.2, 0) is 6.54 Å². The second-order valence-electron chi connectivity index (χ2n) is 4.74. The van der Waals surface area contributed by atoms with E-state index in [0.29, 0.717) is 24.1 Å². The summed E-state index contributed by atoms with van der Waals surface area (Å²) in [6.45, 7) is 2.55. The van der Waals surface area contributed by atoms with Crippen LogP contribution in [0.4, 0.5) is 5.82 Å². The molecule has 0 fully saturated rings. The number of pyridine rings is 1. The van der Waals surface area contributed by atoms with E-state index < -0.39 is 0 Å². The van der Waals surface area contributed by atoms with Crippen molar-refractivity contribution in [2.75, 3.05) is 12.4 Å². The Morgan fingerprint density at radius 1 is 1.18 bits per heavy atom. The maximum atomic E-state index is 5.10. The summed E-state index contributed by atoms with van der Waals surface area (Å²) < 4.78 is 6.79. The molecule has 0 aliphatic heterocycles. The van der Waals surface area contributed by atoms with E-state index in [1.165, 1.54) is 0 Å². The van der Waals surface area contributed by atoms with E-state index in [2.05, 4.69) is 25.6 Å². The van der Waals surface area contributed by atoms with Gasteiger partial charge in [-0.3, -0.25) is 0 Å². The second kappa shape index (κ2) is 6.21. The van der Waals surface area contributed by atoms with Gasteiger partial charge in [-0.05, 0) is 36.8 Å². The van der Waals surface area contributed by atoms with Crippen molar-refractivity contribution in [3.8, 4) is 11.7 Å². The van der Waals surface area contributed by atoms with E-state index in [0.717, 1.165) is 11.3 Å². The van der Waals surface area contributed by atoms with E-state index in [-0.39, 0.29) is 0 Å². The van der Waals surface area contributed by atoms with Gasteiger partial charge >= 0.3 is 0 Å². The number of hydrogen-bond donors (Lipinski definition) is 1. The normalized spacial score (nSPS) is 10.5. The van der Waals surface area contributed by atoms with Gasteiger partial charge in [0.25, 0.3) is 0 Å². The molecule has 0 bridgehead atoms. The van der Waals surface area contributed by atoms with E-state index in [4.69, 9.17) is 4.74 Å². The molecule has 3 aromatic heterocycles. The van der Waals surface area contributed by atoms with Crippen LogP contribution in [0.15, 0.2) is 42.7 Å². The molecule has 0 saturated heterocycles. The number of aromatic nitrogens is 5. The molecule has 0 aromatic carbocycles. The van der Waals surface area contributed by atoms with Gasteiger partial charge in [0.15, 0.2) is 5.82 Å². The molecule has 0 radical (unpaired) electrons. The number of aryl methyl sites for hydroxylation is 1. The van der Waals surface area contributed by atoms with Crippen LogP contribution in [-0.4, -0.2) is 32.1 Å². The number of nitrogens with zero attached hydrogens (tertiary/aromatic N) is 5. The van der Waals surface area contributed by atoms with Crippen LogP contribution in [0.3, 0.4) is 0 Å². The minimum Gasteiger partial charge on any atom is -0.481 e. The molecule has 112 valence electrons. The van der Waals surface area contributed by atoms with Crippen LogP contribution < -0.4 is 10.1 Å². The third-order valence-electron chi connectivity index (χ3n) is 3.09. The minimum absolute atomic E-state index is 0.592. The highest BCUT2D eigenvalue weighted by molar-refractivity contribution is 5.37. The van der Waals surface area contributed by atoms with Crippen molar-refractivity contribution < 1.29 is 4.74 Å². The lowest BCUT2D eigenvalue weighted by atomic mass is 10.2. The molecule has 0 unspecified atom stereocenters. The predicted molar refractivity (Wildman–Crippen MR) is 82.0 cm³/mol. The van der Waals surface area contributed by atoms with E-state index in [1.54, 1.807) is 18.0 Å². The maximum Gasteiger partial charge on any atom is 0.213 e. The Morgan fingerprint density at radius 2 is 2.09 bits per heavy atom. The molecule has 0 saturated carbocycles. The Labute approximate surface area is 128 Å². The van der Waals surface area contributed by atoms with Crippen molar-refractivity contribution >= 4 is 5.82 Å². The van der Waals surface area contributed by atoms with Crippen LogP contribution in [0.1, 0.15) is 11.3 Å². The van der Waals surface area contributed by atoms with Gasteiger partial charge in [0.1, 0.15) is 5.82 Å². The Bertz CT molecular complexity index is 753. The van der Waals surface area contributed by atoms with Gasteiger partial charge in [0, 0.05) is 25.0 Å². The highest BCUT2D eigenvalue weighted by atomic mass is 16.5. The summed E-state index contributed by atoms with van der Waals surface area (Å²) in [5, 5.41) is 15.8. The molecule has 7 heteroatoms. The number of methoxy groups -OCH3 is 1. The highest BCUT2D eigenvalue weighted by Gasteiger charge is 2.02. The lowest BCUT2D eigenvalue weighted by molar-refractivity contribution is 0.397. The second-order valence-corrected chi connectivity index (χ2v) is 4.74. The number of rotatable bonds is 5. The van der Waals surface area contributed by atoms with E-state index in [9.17, 15) is 0 Å². The van der Waals surface area contributed by atoms with Crippen molar-refractivity contribution in [2.45, 2.75) is 13.5 Å². The molecular weight excluding hydrogens is 280 g/mol. The summed E-state index contributed by atoms with van der Waals surface area (Å²) >= 11 is 0. The van der Waals surface area contributed by atoms with Gasteiger partial charge in [0.2, 0.25) is 5.88 Å². The molecule has 0 amide bonds. The quantitative estimate of drug-likeness (QED) is 0.775. The molecule has 22 heavy (non-hydrogen) atoms. The molecule has 3 heterocycles. The smallest absolute Gasteiger partial charge is 0.213 e. The van der Waals surface area contributed by atoms with Crippen LogP contribution in [0.5, 0.6) is 5.88 Å². The van der Waals surface area contributed by atoms with Crippen LogP contribution >= 0.6 is 0 Å². The van der Waals surface area contributed by atoms with Crippen LogP contribution in [0.2, 0.25) is 0 Å². The van der Waals surface area contributed by atoms with Gasteiger partial charge in [0.05, 0.1) is 12.8 Å². The molecule has 0 spiro atoms. The van der Waals surface area contributed by atoms with Crippen LogP contribution in [0.25, 0.3) is 5.82 Å². The lowest BCUT2D eigenvalue weighted by Gasteiger charge is -2.07. The Hall–Kier alpha value is -2.96. The maximum absolute atomic E-state index is 5.10. The van der Waals surface area contributed by atoms with Crippen molar-refractivity contribution in [1.82, 2.24) is 25.0 Å². The standard InChI is InChI=1S/C15H16N6O/c1-11-6-8-21(20-11)14-4-3-13(18-19-14)17-10-12-5-7-16-15(9-12)22-2/h3-9H,10H2,1-2H3,(H,17,18). The van der Waals surface area contributed by atoms with Crippen molar-refractivity contribution in [1.29, 1.82) is 0 Å². The molecule has 0 aliphatic carbocycles. The fraction of sp³-hybridized carbons (Fsp3) is 0.200. The average molecular weight is 296 g/mol. The highest BCUT2D eigenvalue weighted by Crippen LogP contribution is 2.11. The van der Waals surface area contributed by atoms with Crippen molar-refractivity contribution in [3.05, 3.63) is 54.0 Å². The van der Waals surface area contributed by atoms with Crippen molar-refractivity contribution in [3.63, 3.8) is 0 Å². The first kappa shape index (κ1) is 14.0. The van der Waals surface area contributed by atoms with E-state index in [1.807, 2.05) is 43.5 Å². The zero-order valence-electron chi connectivity index (χ0n) is 12.4. The average Bonchev–Trinajstić information content (AvgIpc) is 3.00. The topological polar surface area (TPSA) is 77.8 Å². The van der Waals surface area contributed by atoms with Gasteiger partial charge in [-0.2, -0.15) is 5.10 Å². The molecule has 0 aliphatic rings. The van der Waals surface area contributed by atoms with Gasteiger partial charge in [-0.15, -0.1) is 10.2 Å².